The van der Waals surface area contributed by atoms with Crippen molar-refractivity contribution in [1.29, 1.82) is 0 Å². The summed E-state index contributed by atoms with van der Waals surface area (Å²) in [6.45, 7) is 11.1. The molecular weight excluding hydrogens is 415 g/mol. The van der Waals surface area contributed by atoms with Gasteiger partial charge in [-0.3, -0.25) is 4.99 Å². The van der Waals surface area contributed by atoms with Gasteiger partial charge in [0, 0.05) is 31.8 Å². The Morgan fingerprint density at radius 2 is 1.83 bits per heavy atom. The molecule has 0 saturated carbocycles. The fourth-order valence-electron chi connectivity index (χ4n) is 2.95. The van der Waals surface area contributed by atoms with Crippen molar-refractivity contribution in [3.8, 4) is 0 Å². The first kappa shape index (κ1) is 23.9. The second kappa shape index (κ2) is 13.2. The summed E-state index contributed by atoms with van der Waals surface area (Å²) in [7, 11) is 4.32. The Hall–Kier alpha value is -0.0800. The average molecular weight is 454 g/mol. The molecule has 0 aromatic heterocycles. The third-order valence-corrected chi connectivity index (χ3v) is 4.75. The Morgan fingerprint density at radius 1 is 1.17 bits per heavy atom. The lowest BCUT2D eigenvalue weighted by Crippen LogP contribution is -2.51. The van der Waals surface area contributed by atoms with Crippen LogP contribution in [-0.4, -0.2) is 63.3 Å². The van der Waals surface area contributed by atoms with Gasteiger partial charge < -0.3 is 20.3 Å². The zero-order valence-corrected chi connectivity index (χ0v) is 18.7. The van der Waals surface area contributed by atoms with Crippen molar-refractivity contribution in [1.82, 2.24) is 15.5 Å². The summed E-state index contributed by atoms with van der Waals surface area (Å²) in [5, 5.41) is 6.85. The number of aliphatic imine (C=N–C) groups is 1. The minimum Gasteiger partial charge on any atom is -0.381 e. The number of unbranched alkanes of at least 4 members (excludes halogenated alkanes) is 1. The van der Waals surface area contributed by atoms with Crippen molar-refractivity contribution < 1.29 is 4.74 Å². The fraction of sp³-hybridized carbons (Fsp3) is 0.944. The molecule has 0 aromatic rings. The van der Waals surface area contributed by atoms with Crippen LogP contribution in [0.2, 0.25) is 0 Å². The largest absolute Gasteiger partial charge is 0.381 e. The monoisotopic (exact) mass is 454 g/mol. The average Bonchev–Trinajstić information content (AvgIpc) is 2.52. The minimum atomic E-state index is 0. The molecule has 0 aliphatic carbocycles. The van der Waals surface area contributed by atoms with E-state index in [1.165, 1.54) is 19.3 Å². The topological polar surface area (TPSA) is 48.9 Å². The highest BCUT2D eigenvalue weighted by Gasteiger charge is 2.34. The molecule has 5 nitrogen and oxygen atoms in total. The Morgan fingerprint density at radius 3 is 2.38 bits per heavy atom. The van der Waals surface area contributed by atoms with Crippen LogP contribution in [0.3, 0.4) is 0 Å². The van der Waals surface area contributed by atoms with Gasteiger partial charge in [0.1, 0.15) is 0 Å². The molecule has 1 heterocycles. The molecule has 1 aliphatic heterocycles. The molecule has 0 atom stereocenters. The number of hydrogen-bond donors (Lipinski definition) is 2. The lowest BCUT2D eigenvalue weighted by atomic mass is 9.89. The molecule has 1 saturated heterocycles. The van der Waals surface area contributed by atoms with Crippen molar-refractivity contribution in [2.24, 2.45) is 10.9 Å². The number of halogens is 1. The number of rotatable bonds is 9. The van der Waals surface area contributed by atoms with Gasteiger partial charge in [-0.25, -0.2) is 0 Å². The van der Waals surface area contributed by atoms with Crippen molar-refractivity contribution in [3.05, 3.63) is 0 Å². The van der Waals surface area contributed by atoms with E-state index in [9.17, 15) is 0 Å². The molecule has 0 unspecified atom stereocenters. The van der Waals surface area contributed by atoms with Crippen molar-refractivity contribution in [3.63, 3.8) is 0 Å². The first-order chi connectivity index (χ1) is 11.0. The predicted octanol–water partition coefficient (Wildman–Crippen LogP) is 3.10. The summed E-state index contributed by atoms with van der Waals surface area (Å²) in [6.07, 6.45) is 5.89. The number of hydrogen-bond acceptors (Lipinski definition) is 3. The molecule has 144 valence electrons. The summed E-state index contributed by atoms with van der Waals surface area (Å²) < 4.78 is 5.53. The summed E-state index contributed by atoms with van der Waals surface area (Å²) >= 11 is 0. The van der Waals surface area contributed by atoms with Crippen LogP contribution in [-0.2, 0) is 4.74 Å². The number of guanidine groups is 1. The van der Waals surface area contributed by atoms with Crippen LogP contribution in [0.1, 0.15) is 52.9 Å². The van der Waals surface area contributed by atoms with Crippen LogP contribution in [0, 0.1) is 5.92 Å². The van der Waals surface area contributed by atoms with E-state index in [0.29, 0.717) is 0 Å². The van der Waals surface area contributed by atoms with Gasteiger partial charge in [0.15, 0.2) is 5.96 Å². The highest BCUT2D eigenvalue weighted by molar-refractivity contribution is 14.0. The van der Waals surface area contributed by atoms with E-state index in [2.05, 4.69) is 50.4 Å². The van der Waals surface area contributed by atoms with Crippen LogP contribution in [0.5, 0.6) is 0 Å². The third-order valence-electron chi connectivity index (χ3n) is 4.75. The molecule has 0 radical (unpaired) electrons. The second-order valence-corrected chi connectivity index (χ2v) is 7.24. The lowest BCUT2D eigenvalue weighted by molar-refractivity contribution is -0.00254. The lowest BCUT2D eigenvalue weighted by Gasteiger charge is -2.41. The summed E-state index contributed by atoms with van der Waals surface area (Å²) in [5.41, 5.74) is 0.137. The van der Waals surface area contributed by atoms with Gasteiger partial charge in [-0.15, -0.1) is 24.0 Å². The van der Waals surface area contributed by atoms with E-state index in [1.54, 1.807) is 0 Å². The molecule has 0 amide bonds. The van der Waals surface area contributed by atoms with E-state index >= 15 is 0 Å². The smallest absolute Gasteiger partial charge is 0.191 e. The predicted molar refractivity (Wildman–Crippen MR) is 115 cm³/mol. The highest BCUT2D eigenvalue weighted by Crippen LogP contribution is 2.26. The Bertz CT molecular complexity index is 342. The second-order valence-electron chi connectivity index (χ2n) is 7.24. The summed E-state index contributed by atoms with van der Waals surface area (Å²) in [5.74, 6) is 1.75. The minimum absolute atomic E-state index is 0. The first-order valence-electron chi connectivity index (χ1n) is 9.27. The van der Waals surface area contributed by atoms with E-state index < -0.39 is 0 Å². The maximum Gasteiger partial charge on any atom is 0.191 e. The maximum atomic E-state index is 5.53. The molecule has 0 spiro atoms. The van der Waals surface area contributed by atoms with Crippen molar-refractivity contribution >= 4 is 29.9 Å². The molecule has 2 N–H and O–H groups in total. The summed E-state index contributed by atoms with van der Waals surface area (Å²) in [4.78, 5) is 7.19. The maximum absolute atomic E-state index is 5.53. The number of ether oxygens (including phenoxy) is 1. The van der Waals surface area contributed by atoms with Crippen LogP contribution in [0.4, 0.5) is 0 Å². The van der Waals surface area contributed by atoms with Crippen molar-refractivity contribution in [2.75, 3.05) is 46.9 Å². The molecule has 1 fully saturated rings. The zero-order valence-electron chi connectivity index (χ0n) is 16.4. The van der Waals surface area contributed by atoms with Gasteiger partial charge in [0.05, 0.1) is 6.54 Å². The molecule has 1 aliphatic rings. The van der Waals surface area contributed by atoms with Crippen molar-refractivity contribution in [2.45, 2.75) is 58.4 Å². The first-order valence-corrected chi connectivity index (χ1v) is 9.27. The molecule has 24 heavy (non-hydrogen) atoms. The number of nitrogens with zero attached hydrogens (tertiary/aromatic N) is 2. The van der Waals surface area contributed by atoms with Gasteiger partial charge in [0.2, 0.25) is 0 Å². The Balaban J connectivity index is 0.00000529. The van der Waals surface area contributed by atoms with Gasteiger partial charge in [-0.2, -0.15) is 0 Å². The Labute approximate surface area is 166 Å². The third kappa shape index (κ3) is 8.85. The van der Waals surface area contributed by atoms with Crippen LogP contribution in [0.15, 0.2) is 4.99 Å². The van der Waals surface area contributed by atoms with E-state index in [1.807, 2.05) is 0 Å². The zero-order chi connectivity index (χ0) is 17.1. The normalized spacial score (nSPS) is 17.7. The molecule has 0 bridgehead atoms. The summed E-state index contributed by atoms with van der Waals surface area (Å²) in [6, 6.07) is 0. The van der Waals surface area contributed by atoms with E-state index in [4.69, 9.17) is 9.73 Å². The number of likely N-dealkylation sites (N-methyl/N-ethyl adjacent to an activating group) is 1. The van der Waals surface area contributed by atoms with Gasteiger partial charge >= 0.3 is 0 Å². The van der Waals surface area contributed by atoms with Gasteiger partial charge in [-0.1, -0.05) is 26.7 Å². The SMILES string of the molecule is CCNC(=NCC1(N(C)C)CCOCC1)NCCCCC(C)C.I. The van der Waals surface area contributed by atoms with Crippen LogP contribution >= 0.6 is 24.0 Å². The van der Waals surface area contributed by atoms with E-state index in [0.717, 1.165) is 57.6 Å². The highest BCUT2D eigenvalue weighted by atomic mass is 127. The molecule has 1 rings (SSSR count). The fourth-order valence-corrected chi connectivity index (χ4v) is 2.95. The Kier molecular flexibility index (Phi) is 13.1. The van der Waals surface area contributed by atoms with Crippen LogP contribution in [0.25, 0.3) is 0 Å². The standard InChI is InChI=1S/C18H38N4O.HI/c1-6-19-17(20-12-8-7-9-16(2)3)21-15-18(22(4)5)10-13-23-14-11-18;/h16H,6-15H2,1-5H3,(H2,19,20,21);1H. The van der Waals surface area contributed by atoms with Crippen LogP contribution < -0.4 is 10.6 Å². The molecule has 6 heteroatoms. The molecular formula is C18H39IN4O. The quantitative estimate of drug-likeness (QED) is 0.243. The molecule has 0 aromatic carbocycles. The van der Waals surface area contributed by atoms with Gasteiger partial charge in [-0.05, 0) is 46.2 Å². The van der Waals surface area contributed by atoms with Gasteiger partial charge in [0.25, 0.3) is 0 Å². The van der Waals surface area contributed by atoms with E-state index in [-0.39, 0.29) is 29.5 Å². The number of nitrogens with one attached hydrogen (secondary N) is 2.